The summed E-state index contributed by atoms with van der Waals surface area (Å²) < 4.78 is 5.44. The number of nitrogens with zero attached hydrogens (tertiary/aromatic N) is 1. The van der Waals surface area contributed by atoms with Crippen molar-refractivity contribution in [3.63, 3.8) is 0 Å². The summed E-state index contributed by atoms with van der Waals surface area (Å²) in [5, 5.41) is 14.1. The van der Waals surface area contributed by atoms with Crippen LogP contribution in [0.15, 0.2) is 72.8 Å². The molecule has 3 aromatic carbocycles. The molecule has 0 bridgehead atoms. The number of anilines is 1. The highest BCUT2D eigenvalue weighted by atomic mass is 16.6. The Morgan fingerprint density at radius 3 is 2.15 bits per heavy atom. The van der Waals surface area contributed by atoms with Crippen LogP contribution in [-0.4, -0.2) is 17.9 Å². The number of nitro groups is 1. The smallest absolute Gasteiger partial charge is 0.296 e. The number of nitrogens with one attached hydrogen (secondary N) is 1. The van der Waals surface area contributed by atoms with Gasteiger partial charge < -0.3 is 10.1 Å². The van der Waals surface area contributed by atoms with Gasteiger partial charge in [0, 0.05) is 17.2 Å². The minimum absolute atomic E-state index is 0.0349. The van der Waals surface area contributed by atoms with Crippen LogP contribution in [0.2, 0.25) is 0 Å². The second-order valence-electron chi connectivity index (χ2n) is 5.48. The molecule has 0 aliphatic rings. The van der Waals surface area contributed by atoms with E-state index in [2.05, 4.69) is 5.32 Å². The largest absolute Gasteiger partial charge is 0.494 e. The Morgan fingerprint density at radius 2 is 1.58 bits per heavy atom. The van der Waals surface area contributed by atoms with Gasteiger partial charge in [-0.3, -0.25) is 14.9 Å². The van der Waals surface area contributed by atoms with E-state index in [4.69, 9.17) is 4.74 Å². The molecule has 1 N–H and O–H groups in total. The number of amides is 1. The maximum Gasteiger partial charge on any atom is 0.296 e. The molecule has 130 valence electrons. The fourth-order valence-electron chi connectivity index (χ4n) is 2.68. The lowest BCUT2D eigenvalue weighted by molar-refractivity contribution is -0.384. The molecule has 1 amide bonds. The standard InChI is InChI=1S/C20H16N2O4/c1-26-19-16(14-8-4-2-5-9-14)12-13-17(22(24)25)18(19)21-20(23)15-10-6-3-7-11-15/h2-13H,1H3,(H,21,23). The van der Waals surface area contributed by atoms with Crippen LogP contribution in [0.25, 0.3) is 11.1 Å². The summed E-state index contributed by atoms with van der Waals surface area (Å²) in [6.45, 7) is 0. The summed E-state index contributed by atoms with van der Waals surface area (Å²) in [5.41, 5.74) is 1.68. The van der Waals surface area contributed by atoms with E-state index in [0.29, 0.717) is 11.1 Å². The molecule has 0 saturated carbocycles. The van der Waals surface area contributed by atoms with Crippen LogP contribution < -0.4 is 10.1 Å². The Morgan fingerprint density at radius 1 is 0.962 bits per heavy atom. The van der Waals surface area contributed by atoms with Crippen molar-refractivity contribution in [1.29, 1.82) is 0 Å². The molecule has 0 aromatic heterocycles. The van der Waals surface area contributed by atoms with Gasteiger partial charge >= 0.3 is 0 Å². The van der Waals surface area contributed by atoms with E-state index in [-0.39, 0.29) is 17.1 Å². The second kappa shape index (κ2) is 7.48. The van der Waals surface area contributed by atoms with E-state index >= 15 is 0 Å². The van der Waals surface area contributed by atoms with Crippen molar-refractivity contribution < 1.29 is 14.5 Å². The van der Waals surface area contributed by atoms with Crippen LogP contribution >= 0.6 is 0 Å². The van der Waals surface area contributed by atoms with Crippen molar-refractivity contribution in [3.05, 3.63) is 88.5 Å². The third-order valence-corrected chi connectivity index (χ3v) is 3.90. The molecule has 0 saturated heterocycles. The first-order valence-corrected chi connectivity index (χ1v) is 7.89. The zero-order valence-electron chi connectivity index (χ0n) is 14.0. The zero-order chi connectivity index (χ0) is 18.5. The predicted octanol–water partition coefficient (Wildman–Crippen LogP) is 4.52. The molecule has 3 aromatic rings. The minimum atomic E-state index is -0.544. The lowest BCUT2D eigenvalue weighted by Crippen LogP contribution is -2.14. The minimum Gasteiger partial charge on any atom is -0.494 e. The van der Waals surface area contributed by atoms with E-state index in [9.17, 15) is 14.9 Å². The number of nitro benzene ring substituents is 1. The summed E-state index contributed by atoms with van der Waals surface area (Å²) in [6.07, 6.45) is 0. The zero-order valence-corrected chi connectivity index (χ0v) is 14.0. The van der Waals surface area contributed by atoms with Gasteiger partial charge in [0.15, 0.2) is 11.4 Å². The van der Waals surface area contributed by atoms with Gasteiger partial charge in [-0.15, -0.1) is 0 Å². The Labute approximate surface area is 150 Å². The third kappa shape index (κ3) is 3.39. The first kappa shape index (κ1) is 17.2. The summed E-state index contributed by atoms with van der Waals surface area (Å²) in [6, 6.07) is 20.8. The van der Waals surface area contributed by atoms with Gasteiger partial charge in [-0.05, 0) is 23.8 Å². The average molecular weight is 348 g/mol. The number of hydrogen-bond donors (Lipinski definition) is 1. The Hall–Kier alpha value is -3.67. The summed E-state index contributed by atoms with van der Waals surface area (Å²) in [7, 11) is 1.42. The van der Waals surface area contributed by atoms with Gasteiger partial charge in [0.25, 0.3) is 11.6 Å². The van der Waals surface area contributed by atoms with Crippen LogP contribution in [-0.2, 0) is 0 Å². The van der Waals surface area contributed by atoms with Crippen LogP contribution in [0.5, 0.6) is 5.75 Å². The van der Waals surface area contributed by atoms with E-state index < -0.39 is 10.8 Å². The molecular weight excluding hydrogens is 332 g/mol. The number of carbonyl (C=O) groups excluding carboxylic acids is 1. The summed E-state index contributed by atoms with van der Waals surface area (Å²) in [4.78, 5) is 23.4. The maximum atomic E-state index is 12.5. The number of methoxy groups -OCH3 is 1. The van der Waals surface area contributed by atoms with Gasteiger partial charge in [-0.2, -0.15) is 0 Å². The SMILES string of the molecule is COc1c(-c2ccccc2)ccc([N+](=O)[O-])c1NC(=O)c1ccccc1. The first-order chi connectivity index (χ1) is 12.6. The predicted molar refractivity (Wildman–Crippen MR) is 99.5 cm³/mol. The maximum absolute atomic E-state index is 12.5. The van der Waals surface area contributed by atoms with Gasteiger partial charge in [-0.1, -0.05) is 48.5 Å². The van der Waals surface area contributed by atoms with Crippen molar-refractivity contribution in [2.45, 2.75) is 0 Å². The molecule has 26 heavy (non-hydrogen) atoms. The second-order valence-corrected chi connectivity index (χ2v) is 5.48. The Kier molecular flexibility index (Phi) is 4.94. The lowest BCUT2D eigenvalue weighted by atomic mass is 10.0. The van der Waals surface area contributed by atoms with E-state index in [1.165, 1.54) is 13.2 Å². The van der Waals surface area contributed by atoms with E-state index in [0.717, 1.165) is 5.56 Å². The highest BCUT2D eigenvalue weighted by Gasteiger charge is 2.24. The molecule has 0 heterocycles. The van der Waals surface area contributed by atoms with E-state index in [1.54, 1.807) is 36.4 Å². The lowest BCUT2D eigenvalue weighted by Gasteiger charge is -2.15. The van der Waals surface area contributed by atoms with Crippen LogP contribution in [0.4, 0.5) is 11.4 Å². The quantitative estimate of drug-likeness (QED) is 0.543. The number of rotatable bonds is 5. The molecule has 6 nitrogen and oxygen atoms in total. The van der Waals surface area contributed by atoms with Crippen LogP contribution in [0, 0.1) is 10.1 Å². The molecular formula is C20H16N2O4. The molecule has 0 aliphatic carbocycles. The van der Waals surface area contributed by atoms with Crippen LogP contribution in [0.3, 0.4) is 0 Å². The third-order valence-electron chi connectivity index (χ3n) is 3.90. The highest BCUT2D eigenvalue weighted by Crippen LogP contribution is 2.42. The molecule has 0 atom stereocenters. The average Bonchev–Trinajstić information content (AvgIpc) is 2.68. The monoisotopic (exact) mass is 348 g/mol. The number of ether oxygens (including phenoxy) is 1. The number of benzene rings is 3. The molecule has 0 spiro atoms. The van der Waals surface area contributed by atoms with Crippen molar-refractivity contribution in [2.24, 2.45) is 0 Å². The van der Waals surface area contributed by atoms with Crippen molar-refractivity contribution in [2.75, 3.05) is 12.4 Å². The molecule has 0 aliphatic heterocycles. The van der Waals surface area contributed by atoms with Crippen molar-refractivity contribution >= 4 is 17.3 Å². The first-order valence-electron chi connectivity index (χ1n) is 7.89. The van der Waals surface area contributed by atoms with Crippen molar-refractivity contribution in [1.82, 2.24) is 0 Å². The number of carbonyl (C=O) groups is 1. The van der Waals surface area contributed by atoms with Gasteiger partial charge in [-0.25, -0.2) is 0 Å². The number of hydrogen-bond acceptors (Lipinski definition) is 4. The topological polar surface area (TPSA) is 81.5 Å². The van der Waals surface area contributed by atoms with Crippen molar-refractivity contribution in [3.8, 4) is 16.9 Å². The molecule has 0 unspecified atom stereocenters. The summed E-state index contributed by atoms with van der Waals surface area (Å²) >= 11 is 0. The molecule has 6 heteroatoms. The van der Waals surface area contributed by atoms with Gasteiger partial charge in [0.05, 0.1) is 12.0 Å². The van der Waals surface area contributed by atoms with Gasteiger partial charge in [0.1, 0.15) is 0 Å². The fourth-order valence-corrected chi connectivity index (χ4v) is 2.68. The Balaban J connectivity index is 2.12. The van der Waals surface area contributed by atoms with E-state index in [1.807, 2.05) is 30.3 Å². The van der Waals surface area contributed by atoms with Gasteiger partial charge in [0.2, 0.25) is 0 Å². The molecule has 3 rings (SSSR count). The normalized spacial score (nSPS) is 10.2. The molecule has 0 fully saturated rings. The highest BCUT2D eigenvalue weighted by molar-refractivity contribution is 6.07. The Bertz CT molecular complexity index is 941. The fraction of sp³-hybridized carbons (Fsp3) is 0.0500. The summed E-state index contributed by atoms with van der Waals surface area (Å²) in [5.74, 6) is -0.202. The molecule has 0 radical (unpaired) electrons. The van der Waals surface area contributed by atoms with Crippen LogP contribution in [0.1, 0.15) is 10.4 Å².